The number of fused-ring (bicyclic) bond motifs is 1. The molecule has 0 bridgehead atoms. The summed E-state index contributed by atoms with van der Waals surface area (Å²) in [6.45, 7) is 1.31. The van der Waals surface area contributed by atoms with Gasteiger partial charge in [0.25, 0.3) is 0 Å². The van der Waals surface area contributed by atoms with Gasteiger partial charge in [-0.1, -0.05) is 18.2 Å². The average Bonchev–Trinajstić information content (AvgIpc) is 3.43. The van der Waals surface area contributed by atoms with Crippen LogP contribution >= 0.6 is 0 Å². The fourth-order valence-corrected chi connectivity index (χ4v) is 4.36. The Bertz CT molecular complexity index is 797. The number of hydrogen-bond donors (Lipinski definition) is 1. The van der Waals surface area contributed by atoms with Gasteiger partial charge in [0.05, 0.1) is 12.6 Å². The van der Waals surface area contributed by atoms with E-state index in [1.165, 1.54) is 0 Å². The molecular weight excluding hydrogens is 344 g/mol. The predicted molar refractivity (Wildman–Crippen MR) is 101 cm³/mol. The van der Waals surface area contributed by atoms with Crippen LogP contribution in [0, 0.1) is 0 Å². The largest absolute Gasteiger partial charge is 0.461 e. The molecule has 0 aliphatic carbocycles. The molecule has 2 amide bonds. The molecule has 0 radical (unpaired) electrons. The van der Waals surface area contributed by atoms with Gasteiger partial charge < -0.3 is 19.3 Å². The summed E-state index contributed by atoms with van der Waals surface area (Å²) in [7, 11) is 0. The second-order valence-corrected chi connectivity index (χ2v) is 7.51. The number of carbonyl (C=O) groups excluding carboxylic acids is 2. The lowest BCUT2D eigenvalue weighted by atomic mass is 10.1. The highest BCUT2D eigenvalue weighted by Crippen LogP contribution is 2.26. The van der Waals surface area contributed by atoms with E-state index in [0.29, 0.717) is 32.4 Å². The van der Waals surface area contributed by atoms with Gasteiger partial charge in [-0.25, -0.2) is 0 Å². The van der Waals surface area contributed by atoms with Crippen LogP contribution in [0.3, 0.4) is 0 Å². The standard InChI is InChI=1S/C21H26N2O4/c24-14-16-6-3-11-22(16)21(26)18-7-4-12-23(18)20(25)10-9-17-13-15-5-1-2-8-19(15)27-17/h1-2,5,8,13,16,18,24H,3-4,6-7,9-12,14H2/t16-,18-/m0/s1. The maximum absolute atomic E-state index is 12.9. The molecule has 4 rings (SSSR count). The van der Waals surface area contributed by atoms with E-state index in [1.807, 2.05) is 30.3 Å². The summed E-state index contributed by atoms with van der Waals surface area (Å²) >= 11 is 0. The van der Waals surface area contributed by atoms with Crippen LogP contribution in [0.15, 0.2) is 34.7 Å². The van der Waals surface area contributed by atoms with Crippen LogP contribution < -0.4 is 0 Å². The minimum absolute atomic E-state index is 0.00105. The number of aliphatic hydroxyl groups is 1. The van der Waals surface area contributed by atoms with Crippen LogP contribution in [0.2, 0.25) is 0 Å². The molecular formula is C21H26N2O4. The SMILES string of the molecule is O=C([C@@H]1CCCN1C(=O)CCc1cc2ccccc2o1)N1CCC[C@H]1CO. The Morgan fingerprint density at radius 3 is 2.70 bits per heavy atom. The number of nitrogens with zero attached hydrogens (tertiary/aromatic N) is 2. The maximum atomic E-state index is 12.9. The van der Waals surface area contributed by atoms with Gasteiger partial charge in [0, 0.05) is 31.3 Å². The molecule has 144 valence electrons. The molecule has 2 aliphatic rings. The first kappa shape index (κ1) is 18.0. The molecule has 3 heterocycles. The summed E-state index contributed by atoms with van der Waals surface area (Å²) in [4.78, 5) is 29.2. The number of furan rings is 1. The first-order chi connectivity index (χ1) is 13.2. The Balaban J connectivity index is 1.39. The highest BCUT2D eigenvalue weighted by molar-refractivity contribution is 5.88. The van der Waals surface area contributed by atoms with Crippen molar-refractivity contribution in [2.75, 3.05) is 19.7 Å². The van der Waals surface area contributed by atoms with E-state index in [4.69, 9.17) is 4.42 Å². The molecule has 0 saturated carbocycles. The molecule has 2 saturated heterocycles. The number of amides is 2. The minimum Gasteiger partial charge on any atom is -0.461 e. The van der Waals surface area contributed by atoms with Crippen molar-refractivity contribution in [1.82, 2.24) is 9.80 Å². The lowest BCUT2D eigenvalue weighted by molar-refractivity contribution is -0.144. The molecule has 2 aliphatic heterocycles. The number of benzene rings is 1. The first-order valence-corrected chi connectivity index (χ1v) is 9.85. The van der Waals surface area contributed by atoms with Gasteiger partial charge in [0.15, 0.2) is 0 Å². The van der Waals surface area contributed by atoms with Crippen LogP contribution in [0.1, 0.15) is 37.9 Å². The van der Waals surface area contributed by atoms with Crippen molar-refractivity contribution in [3.8, 4) is 0 Å². The molecule has 2 aromatic rings. The fraction of sp³-hybridized carbons (Fsp3) is 0.524. The van der Waals surface area contributed by atoms with E-state index in [-0.39, 0.29) is 30.5 Å². The number of likely N-dealkylation sites (tertiary alicyclic amines) is 2. The zero-order chi connectivity index (χ0) is 18.8. The molecule has 27 heavy (non-hydrogen) atoms. The third-order valence-electron chi connectivity index (χ3n) is 5.79. The van der Waals surface area contributed by atoms with Gasteiger partial charge in [-0.15, -0.1) is 0 Å². The Morgan fingerprint density at radius 1 is 1.11 bits per heavy atom. The van der Waals surface area contributed by atoms with Crippen molar-refractivity contribution in [1.29, 1.82) is 0 Å². The molecule has 1 aromatic heterocycles. The highest BCUT2D eigenvalue weighted by Gasteiger charge is 2.39. The van der Waals surface area contributed by atoms with Gasteiger partial charge in [-0.05, 0) is 37.8 Å². The Kier molecular flexibility index (Phi) is 5.16. The lowest BCUT2D eigenvalue weighted by Gasteiger charge is -2.30. The normalized spacial score (nSPS) is 22.7. The van der Waals surface area contributed by atoms with Gasteiger partial charge >= 0.3 is 0 Å². The van der Waals surface area contributed by atoms with Crippen molar-refractivity contribution < 1.29 is 19.1 Å². The van der Waals surface area contributed by atoms with Crippen molar-refractivity contribution in [2.24, 2.45) is 0 Å². The summed E-state index contributed by atoms with van der Waals surface area (Å²) in [5.41, 5.74) is 0.832. The Labute approximate surface area is 158 Å². The van der Waals surface area contributed by atoms with Crippen molar-refractivity contribution >= 4 is 22.8 Å². The molecule has 2 atom stereocenters. The van der Waals surface area contributed by atoms with Crippen LogP contribution in [0.5, 0.6) is 0 Å². The summed E-state index contributed by atoms with van der Waals surface area (Å²) in [5.74, 6) is 0.804. The van der Waals surface area contributed by atoms with E-state index in [2.05, 4.69) is 0 Å². The Hall–Kier alpha value is -2.34. The third-order valence-corrected chi connectivity index (χ3v) is 5.79. The van der Waals surface area contributed by atoms with Gasteiger partial charge in [0.2, 0.25) is 11.8 Å². The molecule has 0 spiro atoms. The van der Waals surface area contributed by atoms with Crippen molar-refractivity contribution in [2.45, 2.75) is 50.6 Å². The topological polar surface area (TPSA) is 74.0 Å². The van der Waals surface area contributed by atoms with Crippen LogP contribution in [0.25, 0.3) is 11.0 Å². The maximum Gasteiger partial charge on any atom is 0.245 e. The number of aryl methyl sites for hydroxylation is 1. The van der Waals surface area contributed by atoms with Gasteiger partial charge in [-0.3, -0.25) is 9.59 Å². The smallest absolute Gasteiger partial charge is 0.245 e. The number of para-hydroxylation sites is 1. The summed E-state index contributed by atoms with van der Waals surface area (Å²) in [6.07, 6.45) is 4.20. The monoisotopic (exact) mass is 370 g/mol. The van der Waals surface area contributed by atoms with Gasteiger partial charge in [-0.2, -0.15) is 0 Å². The van der Waals surface area contributed by atoms with Crippen LogP contribution in [-0.4, -0.2) is 58.5 Å². The number of hydrogen-bond acceptors (Lipinski definition) is 4. The molecule has 2 fully saturated rings. The first-order valence-electron chi connectivity index (χ1n) is 9.85. The molecule has 1 aromatic carbocycles. The molecule has 6 heteroatoms. The van der Waals surface area contributed by atoms with E-state index >= 15 is 0 Å². The van der Waals surface area contributed by atoms with Crippen LogP contribution in [0.4, 0.5) is 0 Å². The number of carbonyl (C=O) groups is 2. The summed E-state index contributed by atoms with van der Waals surface area (Å²) in [5, 5.41) is 10.5. The van der Waals surface area contributed by atoms with E-state index < -0.39 is 0 Å². The predicted octanol–water partition coefficient (Wildman–Crippen LogP) is 2.34. The molecule has 6 nitrogen and oxygen atoms in total. The van der Waals surface area contributed by atoms with E-state index in [0.717, 1.165) is 36.0 Å². The second kappa shape index (κ2) is 7.72. The third kappa shape index (κ3) is 3.58. The van der Waals surface area contributed by atoms with E-state index in [1.54, 1.807) is 9.80 Å². The van der Waals surface area contributed by atoms with Crippen molar-refractivity contribution in [3.63, 3.8) is 0 Å². The zero-order valence-corrected chi connectivity index (χ0v) is 15.5. The molecule has 1 N–H and O–H groups in total. The summed E-state index contributed by atoms with van der Waals surface area (Å²) in [6, 6.07) is 9.32. The Morgan fingerprint density at radius 2 is 1.89 bits per heavy atom. The van der Waals surface area contributed by atoms with Crippen LogP contribution in [-0.2, 0) is 16.0 Å². The quantitative estimate of drug-likeness (QED) is 0.877. The van der Waals surface area contributed by atoms with E-state index in [9.17, 15) is 14.7 Å². The fourth-order valence-electron chi connectivity index (χ4n) is 4.36. The number of aliphatic hydroxyl groups excluding tert-OH is 1. The lowest BCUT2D eigenvalue weighted by Crippen LogP contribution is -2.50. The summed E-state index contributed by atoms with van der Waals surface area (Å²) < 4.78 is 5.79. The minimum atomic E-state index is -0.375. The van der Waals surface area contributed by atoms with Gasteiger partial charge in [0.1, 0.15) is 17.4 Å². The average molecular weight is 370 g/mol. The van der Waals surface area contributed by atoms with Crippen molar-refractivity contribution in [3.05, 3.63) is 36.1 Å². The highest BCUT2D eigenvalue weighted by atomic mass is 16.3. The zero-order valence-electron chi connectivity index (χ0n) is 15.5. The molecule has 0 unspecified atom stereocenters. The number of rotatable bonds is 5. The second-order valence-electron chi connectivity index (χ2n) is 7.51.